The van der Waals surface area contributed by atoms with Crippen LogP contribution in [0.2, 0.25) is 5.02 Å². The zero-order valence-corrected chi connectivity index (χ0v) is 14.7. The number of benzene rings is 1. The number of rotatable bonds is 6. The average Bonchev–Trinajstić information content (AvgIpc) is 2.59. The fourth-order valence-corrected chi connectivity index (χ4v) is 2.99. The molecular formula is C18H21ClN2O4. The third kappa shape index (κ3) is 4.82. The van der Waals surface area contributed by atoms with Gasteiger partial charge in [0.05, 0.1) is 22.4 Å². The minimum Gasteiger partial charge on any atom is -0.481 e. The van der Waals surface area contributed by atoms with Gasteiger partial charge >= 0.3 is 5.97 Å². The highest BCUT2D eigenvalue weighted by Gasteiger charge is 2.34. The van der Waals surface area contributed by atoms with Crippen molar-refractivity contribution in [1.82, 2.24) is 5.32 Å². The zero-order valence-electron chi connectivity index (χ0n) is 13.9. The molecule has 7 heteroatoms. The van der Waals surface area contributed by atoms with Gasteiger partial charge in [-0.05, 0) is 37.5 Å². The maximum atomic E-state index is 12.4. The number of allylic oxidation sites excluding steroid dienone is 2. The molecule has 3 N–H and O–H groups in total. The molecule has 2 amide bonds. The summed E-state index contributed by atoms with van der Waals surface area (Å²) >= 11 is 6.13. The van der Waals surface area contributed by atoms with Crippen LogP contribution in [0, 0.1) is 11.8 Å². The van der Waals surface area contributed by atoms with Gasteiger partial charge in [-0.1, -0.05) is 30.7 Å². The summed E-state index contributed by atoms with van der Waals surface area (Å²) in [6.07, 6.45) is 5.14. The summed E-state index contributed by atoms with van der Waals surface area (Å²) in [7, 11) is 0. The van der Waals surface area contributed by atoms with Crippen LogP contribution < -0.4 is 10.6 Å². The molecule has 6 nitrogen and oxygen atoms in total. The van der Waals surface area contributed by atoms with E-state index in [0.717, 1.165) is 6.42 Å². The Bertz CT molecular complexity index is 702. The highest BCUT2D eigenvalue weighted by atomic mass is 35.5. The summed E-state index contributed by atoms with van der Waals surface area (Å²) in [5, 5.41) is 14.9. The summed E-state index contributed by atoms with van der Waals surface area (Å²) in [6, 6.07) is 4.62. The van der Waals surface area contributed by atoms with Gasteiger partial charge in [0.2, 0.25) is 5.91 Å². The lowest BCUT2D eigenvalue weighted by atomic mass is 9.82. The molecule has 2 atom stereocenters. The first-order chi connectivity index (χ1) is 11.9. The van der Waals surface area contributed by atoms with Crippen LogP contribution in [0.25, 0.3) is 0 Å². The number of hydrogen-bond acceptors (Lipinski definition) is 3. The van der Waals surface area contributed by atoms with E-state index in [1.807, 2.05) is 13.0 Å². The standard InChI is InChI=1S/C18H21ClN2O4/c1-2-9-20-16(22)14-8-7-11(10-15(14)19)21-17(23)12-5-3-4-6-13(12)18(24)25/h3-4,7-8,10,12-13H,2,5-6,9H2,1H3,(H,20,22)(H,21,23)(H,24,25)/t12-,13+/m0/s1. The Morgan fingerprint density at radius 3 is 2.48 bits per heavy atom. The second-order valence-electron chi connectivity index (χ2n) is 5.93. The summed E-state index contributed by atoms with van der Waals surface area (Å²) in [5.41, 5.74) is 0.762. The van der Waals surface area contributed by atoms with Crippen molar-refractivity contribution < 1.29 is 19.5 Å². The van der Waals surface area contributed by atoms with Gasteiger partial charge in [-0.25, -0.2) is 0 Å². The highest BCUT2D eigenvalue weighted by molar-refractivity contribution is 6.34. The number of aliphatic carboxylic acids is 1. The first-order valence-corrected chi connectivity index (χ1v) is 8.58. The van der Waals surface area contributed by atoms with Crippen molar-refractivity contribution in [2.45, 2.75) is 26.2 Å². The number of carbonyl (C=O) groups is 3. The third-order valence-corrected chi connectivity index (χ3v) is 4.42. The first kappa shape index (κ1) is 19.0. The van der Waals surface area contributed by atoms with Crippen molar-refractivity contribution in [2.75, 3.05) is 11.9 Å². The first-order valence-electron chi connectivity index (χ1n) is 8.20. The molecule has 134 valence electrons. The molecule has 0 heterocycles. The maximum absolute atomic E-state index is 12.4. The van der Waals surface area contributed by atoms with Crippen LogP contribution in [0.15, 0.2) is 30.4 Å². The molecule has 25 heavy (non-hydrogen) atoms. The van der Waals surface area contributed by atoms with E-state index in [2.05, 4.69) is 10.6 Å². The normalized spacial score (nSPS) is 19.3. The molecule has 0 radical (unpaired) electrons. The van der Waals surface area contributed by atoms with E-state index in [4.69, 9.17) is 11.6 Å². The molecular weight excluding hydrogens is 344 g/mol. The minimum atomic E-state index is -0.981. The predicted octanol–water partition coefficient (Wildman–Crippen LogP) is 3.09. The molecule has 0 bridgehead atoms. The van der Waals surface area contributed by atoms with E-state index in [1.165, 1.54) is 6.07 Å². The summed E-state index contributed by atoms with van der Waals surface area (Å²) < 4.78 is 0. The van der Waals surface area contributed by atoms with Gasteiger partial charge in [0.15, 0.2) is 0 Å². The van der Waals surface area contributed by atoms with Crippen LogP contribution >= 0.6 is 11.6 Å². The van der Waals surface area contributed by atoms with Crippen molar-refractivity contribution >= 4 is 35.1 Å². The van der Waals surface area contributed by atoms with Crippen LogP contribution in [0.3, 0.4) is 0 Å². The molecule has 1 aliphatic rings. The van der Waals surface area contributed by atoms with Crippen molar-refractivity contribution in [3.8, 4) is 0 Å². The van der Waals surface area contributed by atoms with Gasteiger partial charge in [-0.2, -0.15) is 0 Å². The van der Waals surface area contributed by atoms with Crippen molar-refractivity contribution in [1.29, 1.82) is 0 Å². The van der Waals surface area contributed by atoms with Gasteiger partial charge in [0.25, 0.3) is 5.91 Å². The van der Waals surface area contributed by atoms with Crippen LogP contribution in [0.5, 0.6) is 0 Å². The quantitative estimate of drug-likeness (QED) is 0.676. The number of carboxylic acid groups (broad SMARTS) is 1. The second kappa shape index (κ2) is 8.67. The number of carbonyl (C=O) groups excluding carboxylic acids is 2. The molecule has 0 unspecified atom stereocenters. The van der Waals surface area contributed by atoms with Crippen LogP contribution in [0.4, 0.5) is 5.69 Å². The van der Waals surface area contributed by atoms with Crippen molar-refractivity contribution in [3.05, 3.63) is 40.9 Å². The third-order valence-electron chi connectivity index (χ3n) is 4.10. The number of carboxylic acids is 1. The number of nitrogens with one attached hydrogen (secondary N) is 2. The minimum absolute atomic E-state index is 0.227. The van der Waals surface area contributed by atoms with E-state index in [0.29, 0.717) is 30.6 Å². The Hall–Kier alpha value is -2.34. The summed E-state index contributed by atoms with van der Waals surface area (Å²) in [6.45, 7) is 2.50. The maximum Gasteiger partial charge on any atom is 0.307 e. The Kier molecular flexibility index (Phi) is 6.58. The Morgan fingerprint density at radius 1 is 1.20 bits per heavy atom. The molecule has 0 fully saturated rings. The van der Waals surface area contributed by atoms with Gasteiger partial charge in [-0.15, -0.1) is 0 Å². The number of halogens is 1. The Balaban J connectivity index is 2.08. The van der Waals surface area contributed by atoms with E-state index >= 15 is 0 Å². The van der Waals surface area contributed by atoms with Crippen LogP contribution in [-0.2, 0) is 9.59 Å². The summed E-state index contributed by atoms with van der Waals surface area (Å²) in [5.74, 6) is -2.98. The molecule has 1 aromatic carbocycles. The van der Waals surface area contributed by atoms with Crippen molar-refractivity contribution in [2.24, 2.45) is 11.8 Å². The van der Waals surface area contributed by atoms with Gasteiger partial charge < -0.3 is 15.7 Å². The Morgan fingerprint density at radius 2 is 1.88 bits per heavy atom. The molecule has 0 aromatic heterocycles. The molecule has 1 aliphatic carbocycles. The van der Waals surface area contributed by atoms with E-state index in [9.17, 15) is 19.5 Å². The van der Waals surface area contributed by atoms with Crippen molar-refractivity contribution in [3.63, 3.8) is 0 Å². The lowest BCUT2D eigenvalue weighted by Crippen LogP contribution is -2.34. The van der Waals surface area contributed by atoms with Gasteiger partial charge in [0.1, 0.15) is 0 Å². The Labute approximate surface area is 151 Å². The zero-order chi connectivity index (χ0) is 18.4. The lowest BCUT2D eigenvalue weighted by Gasteiger charge is -2.24. The van der Waals surface area contributed by atoms with E-state index in [1.54, 1.807) is 18.2 Å². The number of hydrogen-bond donors (Lipinski definition) is 3. The summed E-state index contributed by atoms with van der Waals surface area (Å²) in [4.78, 5) is 35.7. The monoisotopic (exact) mass is 364 g/mol. The van der Waals surface area contributed by atoms with Crippen LogP contribution in [0.1, 0.15) is 36.5 Å². The highest BCUT2D eigenvalue weighted by Crippen LogP contribution is 2.28. The SMILES string of the molecule is CCCNC(=O)c1ccc(NC(=O)[C@H]2CC=CC[C@H]2C(=O)O)cc1Cl. The molecule has 0 aliphatic heterocycles. The fourth-order valence-electron chi connectivity index (χ4n) is 2.72. The lowest BCUT2D eigenvalue weighted by molar-refractivity contribution is -0.146. The van der Waals surface area contributed by atoms with E-state index < -0.39 is 17.8 Å². The predicted molar refractivity (Wildman–Crippen MR) is 95.7 cm³/mol. The smallest absolute Gasteiger partial charge is 0.307 e. The second-order valence-corrected chi connectivity index (χ2v) is 6.34. The molecule has 0 spiro atoms. The average molecular weight is 365 g/mol. The fraction of sp³-hybridized carbons (Fsp3) is 0.389. The number of amides is 2. The molecule has 0 saturated carbocycles. The molecule has 0 saturated heterocycles. The number of anilines is 1. The topological polar surface area (TPSA) is 95.5 Å². The van der Waals surface area contributed by atoms with Crippen LogP contribution in [-0.4, -0.2) is 29.4 Å². The molecule has 2 rings (SSSR count). The van der Waals surface area contributed by atoms with Gasteiger partial charge in [-0.3, -0.25) is 14.4 Å². The van der Waals surface area contributed by atoms with Gasteiger partial charge in [0, 0.05) is 12.2 Å². The largest absolute Gasteiger partial charge is 0.481 e. The van der Waals surface area contributed by atoms with E-state index in [-0.39, 0.29) is 16.8 Å². The molecule has 1 aromatic rings.